The molecule has 2 nitrogen and oxygen atoms in total. The summed E-state index contributed by atoms with van der Waals surface area (Å²) >= 11 is 3.47. The molecule has 0 atom stereocenters. The number of anilines is 1. The molecule has 0 saturated carbocycles. The van der Waals surface area contributed by atoms with Crippen molar-refractivity contribution in [2.45, 2.75) is 18.8 Å². The predicted molar refractivity (Wildman–Crippen MR) is 63.4 cm³/mol. The lowest BCUT2D eigenvalue weighted by molar-refractivity contribution is 0.461. The molecule has 1 aliphatic rings. The minimum atomic E-state index is 0.633. The van der Waals surface area contributed by atoms with E-state index in [2.05, 4.69) is 33.4 Å². The highest BCUT2D eigenvalue weighted by molar-refractivity contribution is 9.10. The lowest BCUT2D eigenvalue weighted by atomic mass is 9.89. The summed E-state index contributed by atoms with van der Waals surface area (Å²) < 4.78 is 1.02. The van der Waals surface area contributed by atoms with E-state index >= 15 is 0 Å². The fraction of sp³-hybridized carbons (Fsp3) is 0.455. The molecule has 1 aromatic carbocycles. The quantitative estimate of drug-likeness (QED) is 0.756. The molecule has 2 rings (SSSR count). The third-order valence-corrected chi connectivity index (χ3v) is 3.56. The number of rotatable bonds is 1. The van der Waals surface area contributed by atoms with Crippen LogP contribution >= 0.6 is 15.9 Å². The first-order chi connectivity index (χ1) is 6.79. The maximum Gasteiger partial charge on any atom is 0.0493 e. The number of nitrogens with two attached hydrogens (primary N) is 1. The Balaban J connectivity index is 2.26. The zero-order chi connectivity index (χ0) is 9.97. The van der Waals surface area contributed by atoms with E-state index in [1.54, 1.807) is 0 Å². The average Bonchev–Trinajstić information content (AvgIpc) is 2.23. The van der Waals surface area contributed by atoms with Gasteiger partial charge in [-0.15, -0.1) is 0 Å². The molecule has 1 heterocycles. The largest absolute Gasteiger partial charge is 0.398 e. The molecule has 0 unspecified atom stereocenters. The molecule has 0 radical (unpaired) electrons. The molecule has 3 N–H and O–H groups in total. The number of para-hydroxylation sites is 1. The fourth-order valence-electron chi connectivity index (χ4n) is 2.04. The van der Waals surface area contributed by atoms with E-state index < -0.39 is 0 Å². The molecule has 0 spiro atoms. The third kappa shape index (κ3) is 1.93. The van der Waals surface area contributed by atoms with E-state index in [4.69, 9.17) is 5.73 Å². The predicted octanol–water partition coefficient (Wildman–Crippen LogP) is 2.50. The maximum atomic E-state index is 6.05. The molecule has 3 heteroatoms. The van der Waals surface area contributed by atoms with Crippen molar-refractivity contribution in [2.75, 3.05) is 18.8 Å². The summed E-state index contributed by atoms with van der Waals surface area (Å²) in [6.07, 6.45) is 2.39. The van der Waals surface area contributed by atoms with Crippen molar-refractivity contribution in [1.82, 2.24) is 5.32 Å². The van der Waals surface area contributed by atoms with Crippen molar-refractivity contribution in [2.24, 2.45) is 0 Å². The highest BCUT2D eigenvalue weighted by Gasteiger charge is 2.17. The number of hydrogen-bond donors (Lipinski definition) is 2. The zero-order valence-electron chi connectivity index (χ0n) is 8.09. The van der Waals surface area contributed by atoms with Gasteiger partial charge < -0.3 is 11.1 Å². The molecule has 0 aliphatic carbocycles. The van der Waals surface area contributed by atoms with E-state index in [0.717, 1.165) is 23.2 Å². The topological polar surface area (TPSA) is 38.0 Å². The van der Waals surface area contributed by atoms with Gasteiger partial charge in [-0.2, -0.15) is 0 Å². The van der Waals surface area contributed by atoms with Gasteiger partial charge in [0.2, 0.25) is 0 Å². The van der Waals surface area contributed by atoms with Crippen molar-refractivity contribution >= 4 is 21.6 Å². The molecule has 0 amide bonds. The van der Waals surface area contributed by atoms with Crippen LogP contribution in [0.2, 0.25) is 0 Å². The standard InChI is InChI=1S/C11H15BrN2/c12-10-3-1-2-9(11(10)13)8-4-6-14-7-5-8/h1-3,8,14H,4-7,13H2. The first-order valence-corrected chi connectivity index (χ1v) is 5.83. The summed E-state index contributed by atoms with van der Waals surface area (Å²) in [6, 6.07) is 6.22. The molecule has 0 aromatic heterocycles. The average molecular weight is 255 g/mol. The number of nitrogens with one attached hydrogen (secondary N) is 1. The van der Waals surface area contributed by atoms with Crippen LogP contribution in [0.3, 0.4) is 0 Å². The summed E-state index contributed by atoms with van der Waals surface area (Å²) in [6.45, 7) is 2.22. The first kappa shape index (κ1) is 9.99. The molecule has 14 heavy (non-hydrogen) atoms. The van der Waals surface area contributed by atoms with Gasteiger partial charge in [-0.1, -0.05) is 12.1 Å². The minimum Gasteiger partial charge on any atom is -0.398 e. The molecule has 76 valence electrons. The lowest BCUT2D eigenvalue weighted by Gasteiger charge is -2.24. The second-order valence-electron chi connectivity index (χ2n) is 3.77. The van der Waals surface area contributed by atoms with Gasteiger partial charge in [0.25, 0.3) is 0 Å². The minimum absolute atomic E-state index is 0.633. The highest BCUT2D eigenvalue weighted by Crippen LogP contribution is 2.33. The van der Waals surface area contributed by atoms with E-state index in [0.29, 0.717) is 5.92 Å². The molecule has 0 bridgehead atoms. The summed E-state index contributed by atoms with van der Waals surface area (Å²) in [4.78, 5) is 0. The van der Waals surface area contributed by atoms with Crippen molar-refractivity contribution in [1.29, 1.82) is 0 Å². The number of nitrogen functional groups attached to an aromatic ring is 1. The van der Waals surface area contributed by atoms with Crippen LogP contribution < -0.4 is 11.1 Å². The van der Waals surface area contributed by atoms with Gasteiger partial charge in [0, 0.05) is 10.2 Å². The van der Waals surface area contributed by atoms with Gasteiger partial charge >= 0.3 is 0 Å². The van der Waals surface area contributed by atoms with Crippen LogP contribution in [0.4, 0.5) is 5.69 Å². The van der Waals surface area contributed by atoms with Crippen LogP contribution in [0.1, 0.15) is 24.3 Å². The van der Waals surface area contributed by atoms with Crippen LogP contribution in [0, 0.1) is 0 Å². The maximum absolute atomic E-state index is 6.05. The lowest BCUT2D eigenvalue weighted by Crippen LogP contribution is -2.27. The van der Waals surface area contributed by atoms with Crippen molar-refractivity contribution in [3.8, 4) is 0 Å². The Morgan fingerprint density at radius 2 is 2.00 bits per heavy atom. The third-order valence-electron chi connectivity index (χ3n) is 2.87. The van der Waals surface area contributed by atoms with Crippen LogP contribution in [-0.2, 0) is 0 Å². The number of benzene rings is 1. The molecule has 1 aliphatic heterocycles. The SMILES string of the molecule is Nc1c(Br)cccc1C1CCNCC1. The second kappa shape index (κ2) is 4.32. The molecule has 1 saturated heterocycles. The van der Waals surface area contributed by atoms with Crippen LogP contribution in [0.15, 0.2) is 22.7 Å². The Hall–Kier alpha value is -0.540. The van der Waals surface area contributed by atoms with Gasteiger partial charge in [0.15, 0.2) is 0 Å². The summed E-state index contributed by atoms with van der Waals surface area (Å²) in [5.74, 6) is 0.633. The Morgan fingerprint density at radius 3 is 2.71 bits per heavy atom. The van der Waals surface area contributed by atoms with E-state index in [1.807, 2.05) is 6.07 Å². The first-order valence-electron chi connectivity index (χ1n) is 5.03. The highest BCUT2D eigenvalue weighted by atomic mass is 79.9. The van der Waals surface area contributed by atoms with Crippen molar-refractivity contribution < 1.29 is 0 Å². The van der Waals surface area contributed by atoms with E-state index in [1.165, 1.54) is 18.4 Å². The van der Waals surface area contributed by atoms with Gasteiger partial charge in [0.05, 0.1) is 0 Å². The van der Waals surface area contributed by atoms with Crippen molar-refractivity contribution in [3.05, 3.63) is 28.2 Å². The fourth-order valence-corrected chi connectivity index (χ4v) is 2.42. The molecular formula is C11H15BrN2. The Kier molecular flexibility index (Phi) is 3.08. The van der Waals surface area contributed by atoms with Crippen LogP contribution in [0.25, 0.3) is 0 Å². The molecule has 1 fully saturated rings. The van der Waals surface area contributed by atoms with Crippen molar-refractivity contribution in [3.63, 3.8) is 0 Å². The number of piperidine rings is 1. The molecular weight excluding hydrogens is 240 g/mol. The monoisotopic (exact) mass is 254 g/mol. The number of halogens is 1. The molecule has 1 aromatic rings. The normalized spacial score (nSPS) is 18.4. The smallest absolute Gasteiger partial charge is 0.0493 e. The summed E-state index contributed by atoms with van der Waals surface area (Å²) in [5.41, 5.74) is 8.27. The van der Waals surface area contributed by atoms with E-state index in [-0.39, 0.29) is 0 Å². The zero-order valence-corrected chi connectivity index (χ0v) is 9.68. The summed E-state index contributed by atoms with van der Waals surface area (Å²) in [5, 5.41) is 3.37. The van der Waals surface area contributed by atoms with Gasteiger partial charge in [-0.3, -0.25) is 0 Å². The van der Waals surface area contributed by atoms with Gasteiger partial charge in [-0.25, -0.2) is 0 Å². The summed E-state index contributed by atoms with van der Waals surface area (Å²) in [7, 11) is 0. The Bertz CT molecular complexity index is 319. The Morgan fingerprint density at radius 1 is 1.29 bits per heavy atom. The second-order valence-corrected chi connectivity index (χ2v) is 4.62. The number of hydrogen-bond acceptors (Lipinski definition) is 2. The van der Waals surface area contributed by atoms with E-state index in [9.17, 15) is 0 Å². The Labute approximate surface area is 93.0 Å². The van der Waals surface area contributed by atoms with Gasteiger partial charge in [0.1, 0.15) is 0 Å². The van der Waals surface area contributed by atoms with Gasteiger partial charge in [-0.05, 0) is 59.4 Å². The van der Waals surface area contributed by atoms with Crippen LogP contribution in [-0.4, -0.2) is 13.1 Å². The van der Waals surface area contributed by atoms with Crippen LogP contribution in [0.5, 0.6) is 0 Å².